The molecule has 302 valence electrons. The van der Waals surface area contributed by atoms with E-state index in [1.165, 1.54) is 128 Å². The Bertz CT molecular complexity index is 856. The predicted octanol–water partition coefficient (Wildman–Crippen LogP) is 11.8. The van der Waals surface area contributed by atoms with Gasteiger partial charge in [0.05, 0.1) is 13.2 Å². The summed E-state index contributed by atoms with van der Waals surface area (Å²) in [6.45, 7) is 3.74. The number of carbonyl (C=O) groups is 2. The highest BCUT2D eigenvalue weighted by Crippen LogP contribution is 2.43. The molecule has 0 aromatic carbocycles. The van der Waals surface area contributed by atoms with Crippen LogP contribution in [0.25, 0.3) is 0 Å². The fraction of sp³-hybridized carbons (Fsp3) is 0.902. The van der Waals surface area contributed by atoms with Crippen molar-refractivity contribution in [3.05, 3.63) is 12.2 Å². The molecule has 0 aliphatic heterocycles. The van der Waals surface area contributed by atoms with Crippen LogP contribution in [-0.4, -0.2) is 49.3 Å². The van der Waals surface area contributed by atoms with Gasteiger partial charge in [-0.25, -0.2) is 4.57 Å². The second-order valence-electron chi connectivity index (χ2n) is 14.2. The summed E-state index contributed by atoms with van der Waals surface area (Å²) in [5, 5.41) is 0. The Morgan fingerprint density at radius 2 is 0.961 bits per heavy atom. The van der Waals surface area contributed by atoms with Crippen LogP contribution in [0.4, 0.5) is 0 Å². The zero-order chi connectivity index (χ0) is 37.5. The lowest BCUT2D eigenvalue weighted by Crippen LogP contribution is -2.29. The molecular formula is C41H80NO8P. The molecule has 51 heavy (non-hydrogen) atoms. The second-order valence-corrected chi connectivity index (χ2v) is 15.7. The number of allylic oxidation sites excluding steroid dienone is 2. The third-order valence-corrected chi connectivity index (χ3v) is 10.1. The first-order valence-electron chi connectivity index (χ1n) is 21.2. The summed E-state index contributed by atoms with van der Waals surface area (Å²) < 4.78 is 32.7. The number of esters is 2. The highest BCUT2D eigenvalue weighted by molar-refractivity contribution is 7.47. The number of rotatable bonds is 40. The predicted molar refractivity (Wildman–Crippen MR) is 211 cm³/mol. The maximum Gasteiger partial charge on any atom is 0.472 e. The second kappa shape index (κ2) is 38.5. The third-order valence-electron chi connectivity index (χ3n) is 9.15. The molecule has 0 heterocycles. The van der Waals surface area contributed by atoms with Gasteiger partial charge in [0.25, 0.3) is 0 Å². The number of phosphoric acid groups is 1. The zero-order valence-corrected chi connectivity index (χ0v) is 34.0. The first-order chi connectivity index (χ1) is 24.8. The Morgan fingerprint density at radius 3 is 1.39 bits per heavy atom. The fourth-order valence-electron chi connectivity index (χ4n) is 5.98. The summed E-state index contributed by atoms with van der Waals surface area (Å²) in [5.41, 5.74) is 5.34. The number of ether oxygens (including phenoxy) is 2. The van der Waals surface area contributed by atoms with E-state index in [9.17, 15) is 19.0 Å². The lowest BCUT2D eigenvalue weighted by molar-refractivity contribution is -0.161. The third kappa shape index (κ3) is 38.3. The highest BCUT2D eigenvalue weighted by Gasteiger charge is 2.26. The Morgan fingerprint density at radius 1 is 0.569 bits per heavy atom. The molecule has 0 fully saturated rings. The summed E-state index contributed by atoms with van der Waals surface area (Å²) in [4.78, 5) is 34.8. The van der Waals surface area contributed by atoms with E-state index in [-0.39, 0.29) is 38.6 Å². The van der Waals surface area contributed by atoms with Crippen molar-refractivity contribution >= 4 is 19.8 Å². The van der Waals surface area contributed by atoms with Gasteiger partial charge in [-0.2, -0.15) is 0 Å². The van der Waals surface area contributed by atoms with Crippen molar-refractivity contribution in [3.63, 3.8) is 0 Å². The van der Waals surface area contributed by atoms with Gasteiger partial charge >= 0.3 is 19.8 Å². The van der Waals surface area contributed by atoms with E-state index in [1.54, 1.807) is 0 Å². The van der Waals surface area contributed by atoms with Crippen LogP contribution >= 0.6 is 7.82 Å². The summed E-state index contributed by atoms with van der Waals surface area (Å²) >= 11 is 0. The summed E-state index contributed by atoms with van der Waals surface area (Å²) in [6, 6.07) is 0. The molecule has 0 aromatic heterocycles. The molecule has 0 radical (unpaired) electrons. The monoisotopic (exact) mass is 746 g/mol. The minimum Gasteiger partial charge on any atom is -0.462 e. The van der Waals surface area contributed by atoms with Gasteiger partial charge in [0, 0.05) is 19.4 Å². The molecule has 3 N–H and O–H groups in total. The van der Waals surface area contributed by atoms with Gasteiger partial charge in [-0.05, 0) is 38.5 Å². The first kappa shape index (κ1) is 49.8. The molecule has 0 amide bonds. The quantitative estimate of drug-likeness (QED) is 0.0272. The minimum atomic E-state index is -4.37. The van der Waals surface area contributed by atoms with Crippen molar-refractivity contribution < 1.29 is 37.6 Å². The molecule has 0 aromatic rings. The van der Waals surface area contributed by atoms with E-state index in [0.717, 1.165) is 44.9 Å². The van der Waals surface area contributed by atoms with Gasteiger partial charge in [0.2, 0.25) is 0 Å². The van der Waals surface area contributed by atoms with Crippen LogP contribution in [0.15, 0.2) is 12.2 Å². The van der Waals surface area contributed by atoms with Gasteiger partial charge in [-0.15, -0.1) is 0 Å². The fourth-order valence-corrected chi connectivity index (χ4v) is 6.75. The van der Waals surface area contributed by atoms with Crippen LogP contribution in [0.2, 0.25) is 0 Å². The molecule has 0 rings (SSSR count). The first-order valence-corrected chi connectivity index (χ1v) is 22.7. The average Bonchev–Trinajstić information content (AvgIpc) is 3.11. The van der Waals surface area contributed by atoms with Crippen molar-refractivity contribution in [1.82, 2.24) is 0 Å². The van der Waals surface area contributed by atoms with Crippen molar-refractivity contribution in [3.8, 4) is 0 Å². The lowest BCUT2D eigenvalue weighted by atomic mass is 10.0. The topological polar surface area (TPSA) is 134 Å². The van der Waals surface area contributed by atoms with Gasteiger partial charge in [-0.1, -0.05) is 167 Å². The van der Waals surface area contributed by atoms with Crippen molar-refractivity contribution in [2.24, 2.45) is 5.73 Å². The average molecular weight is 746 g/mol. The Kier molecular flexibility index (Phi) is 37.5. The summed E-state index contributed by atoms with van der Waals surface area (Å²) in [7, 11) is -4.37. The summed E-state index contributed by atoms with van der Waals surface area (Å²) in [5.74, 6) is -0.825. The molecule has 1 unspecified atom stereocenters. The number of hydrogen-bond acceptors (Lipinski definition) is 8. The Hall–Kier alpha value is -1.25. The number of hydrogen-bond donors (Lipinski definition) is 2. The van der Waals surface area contributed by atoms with Crippen LogP contribution < -0.4 is 5.73 Å². The maximum atomic E-state index is 12.6. The van der Waals surface area contributed by atoms with E-state index in [2.05, 4.69) is 26.0 Å². The molecule has 10 heteroatoms. The molecule has 0 aliphatic carbocycles. The van der Waals surface area contributed by atoms with E-state index in [1.807, 2.05) is 0 Å². The molecular weight excluding hydrogens is 665 g/mol. The van der Waals surface area contributed by atoms with Crippen LogP contribution in [-0.2, 0) is 32.7 Å². The molecule has 0 saturated heterocycles. The smallest absolute Gasteiger partial charge is 0.462 e. The van der Waals surface area contributed by atoms with E-state index >= 15 is 0 Å². The van der Waals surface area contributed by atoms with Crippen molar-refractivity contribution in [2.45, 2.75) is 213 Å². The van der Waals surface area contributed by atoms with E-state index in [0.29, 0.717) is 6.42 Å². The maximum absolute atomic E-state index is 12.6. The van der Waals surface area contributed by atoms with Gasteiger partial charge in [0.15, 0.2) is 6.10 Å². The molecule has 0 spiro atoms. The zero-order valence-electron chi connectivity index (χ0n) is 33.1. The molecule has 0 saturated carbocycles. The lowest BCUT2D eigenvalue weighted by Gasteiger charge is -2.19. The van der Waals surface area contributed by atoms with Gasteiger partial charge in [0.1, 0.15) is 6.61 Å². The number of carbonyl (C=O) groups excluding carboxylic acids is 2. The van der Waals surface area contributed by atoms with Crippen LogP contribution in [0, 0.1) is 0 Å². The minimum absolute atomic E-state index is 0.0554. The van der Waals surface area contributed by atoms with Crippen LogP contribution in [0.3, 0.4) is 0 Å². The Labute approximate surface area is 313 Å². The largest absolute Gasteiger partial charge is 0.472 e. The van der Waals surface area contributed by atoms with E-state index in [4.69, 9.17) is 24.3 Å². The SMILES string of the molecule is CCCCCCCC/C=C/CCCCCCCCCC(=O)O[C@H](COC(=O)CCCCCCCCCCCCCCC)COP(=O)(O)OCCN. The highest BCUT2D eigenvalue weighted by atomic mass is 31.2. The number of phosphoric ester groups is 1. The number of unbranched alkanes of at least 4 members (excludes halogenated alkanes) is 25. The normalized spacial score (nSPS) is 13.4. The van der Waals surface area contributed by atoms with Crippen molar-refractivity contribution in [1.29, 1.82) is 0 Å². The molecule has 9 nitrogen and oxygen atoms in total. The Balaban J connectivity index is 4.14. The standard InChI is InChI=1S/C41H80NO8P/c1-3-5-7-9-11-13-15-17-18-19-20-22-24-26-28-30-32-34-41(44)50-39(38-49-51(45,46)48-36-35-42)37-47-40(43)33-31-29-27-25-23-21-16-14-12-10-8-6-4-2/h17-18,39H,3-16,19-38,42H2,1-2H3,(H,45,46)/b18-17+/t39-/m1/s1. The van der Waals surface area contributed by atoms with Crippen LogP contribution in [0.1, 0.15) is 206 Å². The number of nitrogens with two attached hydrogens (primary N) is 1. The van der Waals surface area contributed by atoms with Gasteiger partial charge < -0.3 is 20.1 Å². The molecule has 0 bridgehead atoms. The molecule has 2 atom stereocenters. The molecule has 0 aliphatic rings. The summed E-state index contributed by atoms with van der Waals surface area (Å²) in [6.07, 6.45) is 38.1. The van der Waals surface area contributed by atoms with Crippen molar-refractivity contribution in [2.75, 3.05) is 26.4 Å². The van der Waals surface area contributed by atoms with Gasteiger partial charge in [-0.3, -0.25) is 18.6 Å². The van der Waals surface area contributed by atoms with Crippen LogP contribution in [0.5, 0.6) is 0 Å². The van der Waals surface area contributed by atoms with E-state index < -0.39 is 26.5 Å².